The third-order valence-corrected chi connectivity index (χ3v) is 17.6. The fraction of sp³-hybridized carbons (Fsp3) is 0.901. The summed E-state index contributed by atoms with van der Waals surface area (Å²) in [7, 11) is 0. The molecule has 115 heavy (non-hydrogen) atoms. The first-order valence-electron chi connectivity index (χ1n) is 41.5. The van der Waals surface area contributed by atoms with Crippen molar-refractivity contribution in [3.8, 4) is 0 Å². The molecule has 0 fully saturated rings. The standard InChI is InChI=1S/C26H52N2O10.C21H41NO4.C19H39N3O8.C14H28N2O4.CH4/c1-7-31-17-25(18-32-8-2,19-33-9-3)27-23(29)15-37-13-14-38-16-24(30)28-26(20-34-10-4,21-35-11-5)22-36-12-6;1-7-20(8-2,9-3)15-18(23)16-25-13-14-26-17-19(24)22-21(10-4,11-5)12-6;1-5-25-11-17(12-26-6-2)20-18(23)13-29-9-10-30-14-19(24)21-22(15-27-7-3)16-28-8-4;1-5-11(3)15-13(17)9-19-7-8-20-10-14(18)16-12(4)6-2;/h7-22H2,1-6H3,(H,27,29)(H,28,30);7-17H2,1-6H3,(H,22,24);17H,5-16H2,1-4H3,(H,20,23)(H,21,24);11-12H,5-10H2,1-4H3,(H,15,17)(H,16,18);1H4. The van der Waals surface area contributed by atoms with Gasteiger partial charge in [-0.15, -0.1) is 0 Å². The van der Waals surface area contributed by atoms with Crippen molar-refractivity contribution in [1.29, 1.82) is 0 Å². The largest absolute Gasteiger partial charge is 0.380 e. The van der Waals surface area contributed by atoms with Gasteiger partial charge in [-0.25, -0.2) is 0 Å². The fourth-order valence-corrected chi connectivity index (χ4v) is 10.1. The molecule has 7 amide bonds. The predicted octanol–water partition coefficient (Wildman–Crippen LogP) is 6.61. The minimum absolute atomic E-state index is 0. The molecule has 0 aromatic heterocycles. The molecule has 2 atom stereocenters. The highest BCUT2D eigenvalue weighted by molar-refractivity contribution is 5.81. The average Bonchev–Trinajstić information content (AvgIpc) is 0.867. The van der Waals surface area contributed by atoms with E-state index in [9.17, 15) is 38.4 Å². The molecule has 2 unspecified atom stereocenters. The molecule has 0 aliphatic rings. The minimum Gasteiger partial charge on any atom is -0.380 e. The van der Waals surface area contributed by atoms with E-state index in [1.165, 1.54) is 5.01 Å². The third-order valence-electron chi connectivity index (χ3n) is 17.6. The van der Waals surface area contributed by atoms with E-state index in [0.717, 1.165) is 51.4 Å². The van der Waals surface area contributed by atoms with Crippen molar-refractivity contribution in [3.05, 3.63) is 0 Å². The number of carbonyl (C=O) groups excluding carboxylic acids is 8. The SMILES string of the molecule is C.CCC(C)NC(=O)COCCOCC(=O)NC(C)CC.CCC(CC)(CC)CC(=O)COCCOCC(=O)NC(CC)(CC)CC.CCOCC(COCC)(COCC)NC(=O)COCCOCC(=O)NC(COCC)(COCC)COCC.CCOCC(COCC)NC(=O)COCCOCC(=O)NN(COCC)COCC. The van der Waals surface area contributed by atoms with Crippen LogP contribution in [0.5, 0.6) is 0 Å². The number of ether oxygens (including phenoxy) is 18. The molecule has 7 N–H and O–H groups in total. The van der Waals surface area contributed by atoms with Crippen molar-refractivity contribution in [2.75, 3.05) is 238 Å². The Bertz CT molecular complexity index is 2090. The molecule has 0 aromatic carbocycles. The first-order chi connectivity index (χ1) is 54.8. The molecule has 0 aliphatic carbocycles. The number of Topliss-reactive ketones (excluding diaryl/α,β-unsaturated/α-hetero) is 1. The molecule has 0 rings (SSSR count). The molecule has 34 nitrogen and oxygen atoms in total. The van der Waals surface area contributed by atoms with Crippen molar-refractivity contribution < 1.29 is 124 Å². The number of amides is 7. The molecule has 0 aliphatic heterocycles. The number of rotatable bonds is 75. The lowest BCUT2D eigenvalue weighted by molar-refractivity contribution is -0.140. The summed E-state index contributed by atoms with van der Waals surface area (Å²) < 4.78 is 97.2. The van der Waals surface area contributed by atoms with E-state index in [1.807, 2.05) is 96.9 Å². The zero-order valence-electron chi connectivity index (χ0n) is 74.1. The predicted molar refractivity (Wildman–Crippen MR) is 442 cm³/mol. The van der Waals surface area contributed by atoms with Gasteiger partial charge in [-0.05, 0) is 121 Å². The van der Waals surface area contributed by atoms with Crippen LogP contribution in [-0.4, -0.2) is 325 Å². The van der Waals surface area contributed by atoms with E-state index in [0.29, 0.717) is 112 Å². The van der Waals surface area contributed by atoms with Gasteiger partial charge in [0.25, 0.3) is 5.91 Å². The second kappa shape index (κ2) is 81.6. The maximum atomic E-state index is 12.6. The molecule has 0 aromatic rings. The summed E-state index contributed by atoms with van der Waals surface area (Å²) >= 11 is 0. The van der Waals surface area contributed by atoms with Gasteiger partial charge in [0.15, 0.2) is 5.78 Å². The van der Waals surface area contributed by atoms with Crippen LogP contribution in [0, 0.1) is 5.41 Å². The first-order valence-corrected chi connectivity index (χ1v) is 41.5. The Morgan fingerprint density at radius 2 is 0.539 bits per heavy atom. The lowest BCUT2D eigenvalue weighted by atomic mass is 9.76. The molecule has 34 heteroatoms. The maximum Gasteiger partial charge on any atom is 0.260 e. The van der Waals surface area contributed by atoms with Crippen LogP contribution >= 0.6 is 0 Å². The Hall–Kier alpha value is -4.80. The molecule has 0 saturated heterocycles. The molecule has 0 radical (unpaired) electrons. The maximum absolute atomic E-state index is 12.6. The van der Waals surface area contributed by atoms with Crippen LogP contribution in [0.4, 0.5) is 0 Å². The van der Waals surface area contributed by atoms with E-state index < -0.39 is 11.1 Å². The zero-order chi connectivity index (χ0) is 86.4. The lowest BCUT2D eigenvalue weighted by Gasteiger charge is -2.34. The summed E-state index contributed by atoms with van der Waals surface area (Å²) in [6.07, 6.45) is 8.12. The van der Waals surface area contributed by atoms with Gasteiger partial charge >= 0.3 is 0 Å². The smallest absolute Gasteiger partial charge is 0.260 e. The summed E-state index contributed by atoms with van der Waals surface area (Å²) in [6, 6.07) is 0.0930. The van der Waals surface area contributed by atoms with E-state index in [1.54, 1.807) is 0 Å². The van der Waals surface area contributed by atoms with Crippen molar-refractivity contribution >= 4 is 47.1 Å². The highest BCUT2D eigenvalue weighted by Gasteiger charge is 2.35. The Balaban J connectivity index is -0.000000478. The normalized spacial score (nSPS) is 12.1. The fourth-order valence-electron chi connectivity index (χ4n) is 10.1. The van der Waals surface area contributed by atoms with Crippen LogP contribution in [0.2, 0.25) is 0 Å². The van der Waals surface area contributed by atoms with Crippen LogP contribution in [0.25, 0.3) is 0 Å². The van der Waals surface area contributed by atoms with E-state index >= 15 is 0 Å². The zero-order valence-corrected chi connectivity index (χ0v) is 74.1. The number of ketones is 1. The Kier molecular flexibility index (Phi) is 84.2. The van der Waals surface area contributed by atoms with Gasteiger partial charge in [-0.2, -0.15) is 5.01 Å². The second-order valence-electron chi connectivity index (χ2n) is 26.7. The highest BCUT2D eigenvalue weighted by Crippen LogP contribution is 2.34. The first kappa shape index (κ1) is 119. The van der Waals surface area contributed by atoms with Gasteiger partial charge in [0.05, 0.1) is 112 Å². The van der Waals surface area contributed by atoms with Crippen LogP contribution < -0.4 is 37.3 Å². The molecule has 0 saturated carbocycles. The van der Waals surface area contributed by atoms with E-state index in [-0.39, 0.29) is 216 Å². The van der Waals surface area contributed by atoms with Crippen LogP contribution in [0.1, 0.15) is 204 Å². The lowest BCUT2D eigenvalue weighted by Crippen LogP contribution is -2.59. The van der Waals surface area contributed by atoms with Gasteiger partial charge in [-0.1, -0.05) is 82.1 Å². The third kappa shape index (κ3) is 68.7. The Morgan fingerprint density at radius 1 is 0.287 bits per heavy atom. The van der Waals surface area contributed by atoms with E-state index in [4.69, 9.17) is 85.3 Å². The summed E-state index contributed by atoms with van der Waals surface area (Å²) in [4.78, 5) is 95.8. The van der Waals surface area contributed by atoms with Crippen LogP contribution in [0.15, 0.2) is 0 Å². The summed E-state index contributed by atoms with van der Waals surface area (Å²) in [5.74, 6) is -1.45. The average molecular weight is 1670 g/mol. The topological polar surface area (TPSA) is 390 Å². The molecule has 0 spiro atoms. The Labute approximate surface area is 692 Å². The van der Waals surface area contributed by atoms with Crippen molar-refractivity contribution in [3.63, 3.8) is 0 Å². The summed E-state index contributed by atoms with van der Waals surface area (Å²) in [6.45, 7) is 48.8. The molecular weight excluding hydrogens is 1500 g/mol. The number of nitrogens with zero attached hydrogens (tertiary/aromatic N) is 1. The number of hydrogen-bond acceptors (Lipinski definition) is 27. The quantitative estimate of drug-likeness (QED) is 0.0191. The van der Waals surface area contributed by atoms with Gasteiger partial charge < -0.3 is 117 Å². The van der Waals surface area contributed by atoms with Crippen LogP contribution in [-0.2, 0) is 124 Å². The van der Waals surface area contributed by atoms with Crippen LogP contribution in [0.3, 0.4) is 0 Å². The van der Waals surface area contributed by atoms with Crippen molar-refractivity contribution in [2.45, 2.75) is 238 Å². The van der Waals surface area contributed by atoms with Gasteiger partial charge in [0.2, 0.25) is 35.4 Å². The number of carbonyl (C=O) groups is 8. The second-order valence-corrected chi connectivity index (χ2v) is 26.7. The van der Waals surface area contributed by atoms with E-state index in [2.05, 4.69) is 78.9 Å². The van der Waals surface area contributed by atoms with Gasteiger partial charge in [-0.3, -0.25) is 43.8 Å². The van der Waals surface area contributed by atoms with Gasteiger partial charge in [0.1, 0.15) is 77.4 Å². The minimum atomic E-state index is -0.811. The van der Waals surface area contributed by atoms with Crippen molar-refractivity contribution in [2.24, 2.45) is 5.41 Å². The Morgan fingerprint density at radius 3 is 0.800 bits per heavy atom. The number of nitrogens with one attached hydrogen (secondary N) is 7. The monoisotopic (exact) mass is 1670 g/mol. The molecular formula is C81H164N8O26. The highest BCUT2D eigenvalue weighted by atomic mass is 16.6. The summed E-state index contributed by atoms with van der Waals surface area (Å²) in [5.41, 5.74) is 0.998. The van der Waals surface area contributed by atoms with Crippen molar-refractivity contribution in [1.82, 2.24) is 42.3 Å². The summed E-state index contributed by atoms with van der Waals surface area (Å²) in [5, 5.41) is 18.9. The molecule has 0 heterocycles. The molecule has 684 valence electrons. The van der Waals surface area contributed by atoms with Gasteiger partial charge in [0, 0.05) is 90.1 Å². The number of hydrogen-bond donors (Lipinski definition) is 7. The number of hydrazine groups is 1. The molecule has 0 bridgehead atoms.